The molecular weight excluding hydrogens is 268 g/mol. The molecule has 0 amide bonds. The van der Waals surface area contributed by atoms with Crippen molar-refractivity contribution in [3.63, 3.8) is 0 Å². The summed E-state index contributed by atoms with van der Waals surface area (Å²) in [5.41, 5.74) is 3.15. The van der Waals surface area contributed by atoms with Crippen LogP contribution >= 0.6 is 11.8 Å². The Morgan fingerprint density at radius 3 is 2.50 bits per heavy atom. The van der Waals surface area contributed by atoms with E-state index in [0.717, 1.165) is 28.0 Å². The van der Waals surface area contributed by atoms with E-state index in [2.05, 4.69) is 29.4 Å². The zero-order chi connectivity index (χ0) is 13.8. The normalized spacial score (nSPS) is 12.6. The average molecular weight is 283 g/mol. The van der Waals surface area contributed by atoms with Crippen molar-refractivity contribution in [2.45, 2.75) is 6.92 Å². The predicted octanol–water partition coefficient (Wildman–Crippen LogP) is 4.04. The summed E-state index contributed by atoms with van der Waals surface area (Å²) < 4.78 is 5.68. The number of benzene rings is 2. The van der Waals surface area contributed by atoms with Gasteiger partial charge in [-0.15, -0.1) is 0 Å². The SMILES string of the molecule is Cc1ccc(OCCSC2=Nc3ccccc3[N]2)cc1. The highest BCUT2D eigenvalue weighted by Gasteiger charge is 2.14. The van der Waals surface area contributed by atoms with Crippen molar-refractivity contribution in [2.75, 3.05) is 12.4 Å². The number of hydrogen-bond acceptors (Lipinski definition) is 3. The fraction of sp³-hybridized carbons (Fsp3) is 0.188. The van der Waals surface area contributed by atoms with Gasteiger partial charge in [-0.2, -0.15) is 0 Å². The Hall–Kier alpha value is -1.94. The van der Waals surface area contributed by atoms with Crippen LogP contribution in [0.15, 0.2) is 53.5 Å². The first-order chi connectivity index (χ1) is 9.81. The highest BCUT2D eigenvalue weighted by atomic mass is 32.2. The quantitative estimate of drug-likeness (QED) is 0.794. The maximum absolute atomic E-state index is 5.68. The lowest BCUT2D eigenvalue weighted by Gasteiger charge is -2.05. The molecule has 0 unspecified atom stereocenters. The first-order valence-electron chi connectivity index (χ1n) is 6.53. The van der Waals surface area contributed by atoms with Crippen LogP contribution in [0.3, 0.4) is 0 Å². The van der Waals surface area contributed by atoms with E-state index in [-0.39, 0.29) is 0 Å². The average Bonchev–Trinajstić information content (AvgIpc) is 2.88. The zero-order valence-corrected chi connectivity index (χ0v) is 12.1. The van der Waals surface area contributed by atoms with Gasteiger partial charge in [-0.3, -0.25) is 0 Å². The molecule has 0 spiro atoms. The van der Waals surface area contributed by atoms with Gasteiger partial charge in [-0.25, -0.2) is 10.3 Å². The molecule has 1 heterocycles. The fourth-order valence-corrected chi connectivity index (χ4v) is 2.55. The van der Waals surface area contributed by atoms with Crippen LogP contribution in [-0.4, -0.2) is 17.5 Å². The van der Waals surface area contributed by atoms with Crippen LogP contribution in [0.25, 0.3) is 0 Å². The number of hydrogen-bond donors (Lipinski definition) is 0. The van der Waals surface area contributed by atoms with Crippen molar-refractivity contribution in [1.29, 1.82) is 0 Å². The molecule has 3 nitrogen and oxygen atoms in total. The first kappa shape index (κ1) is 13.1. The summed E-state index contributed by atoms with van der Waals surface area (Å²) in [5.74, 6) is 1.74. The summed E-state index contributed by atoms with van der Waals surface area (Å²) in [6, 6.07) is 16.0. The number of amidine groups is 1. The molecule has 2 aromatic carbocycles. The molecule has 0 fully saturated rings. The van der Waals surface area contributed by atoms with E-state index in [1.54, 1.807) is 11.8 Å². The van der Waals surface area contributed by atoms with E-state index < -0.39 is 0 Å². The third-order valence-corrected chi connectivity index (χ3v) is 3.73. The first-order valence-corrected chi connectivity index (χ1v) is 7.51. The third kappa shape index (κ3) is 3.14. The molecular formula is C16H15N2OS. The smallest absolute Gasteiger partial charge is 0.188 e. The van der Waals surface area contributed by atoms with Crippen molar-refractivity contribution in [1.82, 2.24) is 5.32 Å². The lowest BCUT2D eigenvalue weighted by Crippen LogP contribution is -2.06. The number of fused-ring (bicyclic) bond motifs is 1. The minimum absolute atomic E-state index is 0.651. The summed E-state index contributed by atoms with van der Waals surface area (Å²) in [6.45, 7) is 2.72. The van der Waals surface area contributed by atoms with Crippen molar-refractivity contribution in [2.24, 2.45) is 4.99 Å². The number of aryl methyl sites for hydroxylation is 1. The molecule has 0 bridgehead atoms. The van der Waals surface area contributed by atoms with Crippen LogP contribution in [0, 0.1) is 6.92 Å². The van der Waals surface area contributed by atoms with Crippen LogP contribution in [0.5, 0.6) is 5.75 Å². The molecule has 0 N–H and O–H groups in total. The van der Waals surface area contributed by atoms with Gasteiger partial charge < -0.3 is 4.74 Å². The summed E-state index contributed by atoms with van der Waals surface area (Å²) in [7, 11) is 0. The van der Waals surface area contributed by atoms with Gasteiger partial charge in [-0.1, -0.05) is 41.6 Å². The number of ether oxygens (including phenoxy) is 1. The highest BCUT2D eigenvalue weighted by molar-refractivity contribution is 8.13. The maximum atomic E-state index is 5.68. The van der Waals surface area contributed by atoms with Crippen LogP contribution in [0.2, 0.25) is 0 Å². The van der Waals surface area contributed by atoms with Crippen LogP contribution in [0.4, 0.5) is 11.4 Å². The molecule has 4 heteroatoms. The second-order valence-electron chi connectivity index (χ2n) is 4.50. The molecule has 0 atom stereocenters. The number of thioether (sulfide) groups is 1. The van der Waals surface area contributed by atoms with Gasteiger partial charge in [0.2, 0.25) is 0 Å². The van der Waals surface area contributed by atoms with Gasteiger partial charge in [0.15, 0.2) is 5.17 Å². The number of nitrogens with zero attached hydrogens (tertiary/aromatic N) is 2. The molecule has 0 aromatic heterocycles. The van der Waals surface area contributed by atoms with Gasteiger partial charge in [0.25, 0.3) is 0 Å². The van der Waals surface area contributed by atoms with E-state index in [0.29, 0.717) is 6.61 Å². The molecule has 0 aliphatic carbocycles. The molecule has 1 radical (unpaired) electrons. The Balaban J connectivity index is 1.44. The van der Waals surface area contributed by atoms with Crippen molar-refractivity contribution in [3.8, 4) is 5.75 Å². The minimum Gasteiger partial charge on any atom is -0.493 e. The maximum Gasteiger partial charge on any atom is 0.188 e. The second kappa shape index (κ2) is 6.01. The summed E-state index contributed by atoms with van der Waals surface area (Å²) in [4.78, 5) is 4.47. The van der Waals surface area contributed by atoms with Gasteiger partial charge in [0.1, 0.15) is 5.75 Å². The van der Waals surface area contributed by atoms with E-state index in [4.69, 9.17) is 4.74 Å². The lowest BCUT2D eigenvalue weighted by molar-refractivity contribution is 0.344. The lowest BCUT2D eigenvalue weighted by atomic mass is 10.2. The largest absolute Gasteiger partial charge is 0.493 e. The van der Waals surface area contributed by atoms with Gasteiger partial charge >= 0.3 is 0 Å². The summed E-state index contributed by atoms with van der Waals surface area (Å²) >= 11 is 1.62. The van der Waals surface area contributed by atoms with Gasteiger partial charge in [0, 0.05) is 5.75 Å². The Morgan fingerprint density at radius 1 is 1.00 bits per heavy atom. The van der Waals surface area contributed by atoms with E-state index >= 15 is 0 Å². The molecule has 20 heavy (non-hydrogen) atoms. The standard InChI is InChI=1S/C16H15N2OS/c1-12-6-8-13(9-7-12)19-10-11-20-16-17-14-4-2-3-5-15(14)18-16/h2-9H,10-11H2,1H3. The molecule has 101 valence electrons. The Labute approximate surface area is 123 Å². The Kier molecular flexibility index (Phi) is 3.92. The van der Waals surface area contributed by atoms with Crippen LogP contribution < -0.4 is 10.1 Å². The van der Waals surface area contributed by atoms with Gasteiger partial charge in [-0.05, 0) is 31.2 Å². The number of aliphatic imine (C=N–C) groups is 1. The molecule has 1 aliphatic heterocycles. The van der Waals surface area contributed by atoms with Crippen molar-refractivity contribution >= 4 is 28.3 Å². The minimum atomic E-state index is 0.651. The molecule has 0 saturated heterocycles. The summed E-state index contributed by atoms with van der Waals surface area (Å²) in [5, 5.41) is 5.28. The Morgan fingerprint density at radius 2 is 1.75 bits per heavy atom. The molecule has 1 aliphatic rings. The monoisotopic (exact) mass is 283 g/mol. The predicted molar refractivity (Wildman–Crippen MR) is 84.5 cm³/mol. The molecule has 2 aromatic rings. The van der Waals surface area contributed by atoms with E-state index in [9.17, 15) is 0 Å². The van der Waals surface area contributed by atoms with Crippen LogP contribution in [0.1, 0.15) is 5.56 Å². The van der Waals surface area contributed by atoms with E-state index in [1.165, 1.54) is 5.56 Å². The number of para-hydroxylation sites is 2. The fourth-order valence-electron chi connectivity index (χ4n) is 1.88. The summed E-state index contributed by atoms with van der Waals surface area (Å²) in [6.07, 6.45) is 0. The van der Waals surface area contributed by atoms with Crippen LogP contribution in [-0.2, 0) is 0 Å². The highest BCUT2D eigenvalue weighted by Crippen LogP contribution is 2.32. The topological polar surface area (TPSA) is 35.7 Å². The van der Waals surface area contributed by atoms with Crippen molar-refractivity contribution in [3.05, 3.63) is 54.1 Å². The third-order valence-electron chi connectivity index (χ3n) is 2.92. The second-order valence-corrected chi connectivity index (χ2v) is 5.57. The zero-order valence-electron chi connectivity index (χ0n) is 11.2. The Bertz CT molecular complexity index is 623. The van der Waals surface area contributed by atoms with Gasteiger partial charge in [0.05, 0.1) is 18.0 Å². The number of rotatable bonds is 4. The molecule has 0 saturated carbocycles. The molecule has 3 rings (SSSR count). The van der Waals surface area contributed by atoms with Crippen molar-refractivity contribution < 1.29 is 4.74 Å². The van der Waals surface area contributed by atoms with E-state index in [1.807, 2.05) is 36.4 Å².